The Labute approximate surface area is 178 Å². The highest BCUT2D eigenvalue weighted by Crippen LogP contribution is 2.30. The molecule has 0 spiro atoms. The Morgan fingerprint density at radius 3 is 2.67 bits per heavy atom. The molecule has 9 heteroatoms. The summed E-state index contributed by atoms with van der Waals surface area (Å²) in [6.45, 7) is 6.98. The summed E-state index contributed by atoms with van der Waals surface area (Å²) in [7, 11) is 0. The quantitative estimate of drug-likeness (QED) is 0.328. The molecule has 0 saturated heterocycles. The van der Waals surface area contributed by atoms with E-state index in [0.29, 0.717) is 24.6 Å². The standard InChI is InChI=1S/C18H23F3N4S.HI/c1-4-22-17(23-9-8-16-24-11-12(2)26-16)25-13(3)14-6-5-7-15(10-14)18(19,20)21;/h5-7,10-11,13H,4,8-9H2,1-3H3,(H2,22,23,25);1H. The van der Waals surface area contributed by atoms with Gasteiger partial charge in [0, 0.05) is 30.6 Å². The zero-order chi connectivity index (χ0) is 19.2. The molecule has 1 unspecified atom stereocenters. The third-order valence-electron chi connectivity index (χ3n) is 3.68. The molecule has 2 rings (SSSR count). The third-order valence-corrected chi connectivity index (χ3v) is 4.65. The summed E-state index contributed by atoms with van der Waals surface area (Å²) in [6.07, 6.45) is -1.78. The summed E-state index contributed by atoms with van der Waals surface area (Å²) in [5, 5.41) is 7.30. The second-order valence-electron chi connectivity index (χ2n) is 5.86. The van der Waals surface area contributed by atoms with E-state index in [1.165, 1.54) is 12.1 Å². The molecular weight excluding hydrogens is 488 g/mol. The van der Waals surface area contributed by atoms with Gasteiger partial charge < -0.3 is 10.6 Å². The van der Waals surface area contributed by atoms with E-state index in [0.717, 1.165) is 22.4 Å². The molecule has 0 radical (unpaired) electrons. The van der Waals surface area contributed by atoms with Crippen LogP contribution in [0, 0.1) is 6.92 Å². The number of nitrogens with zero attached hydrogens (tertiary/aromatic N) is 2. The molecule has 27 heavy (non-hydrogen) atoms. The monoisotopic (exact) mass is 512 g/mol. The van der Waals surface area contributed by atoms with Crippen LogP contribution in [0.2, 0.25) is 0 Å². The van der Waals surface area contributed by atoms with Crippen LogP contribution in [0.3, 0.4) is 0 Å². The lowest BCUT2D eigenvalue weighted by atomic mass is 10.1. The Kier molecular flexibility index (Phi) is 9.51. The molecule has 2 N–H and O–H groups in total. The molecule has 1 aromatic heterocycles. The van der Waals surface area contributed by atoms with Crippen LogP contribution in [-0.4, -0.2) is 24.0 Å². The molecule has 1 aromatic carbocycles. The summed E-state index contributed by atoms with van der Waals surface area (Å²) in [5.74, 6) is 0.575. The van der Waals surface area contributed by atoms with E-state index in [2.05, 4.69) is 20.6 Å². The minimum absolute atomic E-state index is 0. The number of aromatic nitrogens is 1. The summed E-state index contributed by atoms with van der Waals surface area (Å²) in [6, 6.07) is 5.03. The van der Waals surface area contributed by atoms with E-state index < -0.39 is 11.7 Å². The van der Waals surface area contributed by atoms with Crippen molar-refractivity contribution in [1.29, 1.82) is 0 Å². The summed E-state index contributed by atoms with van der Waals surface area (Å²) >= 11 is 1.64. The van der Waals surface area contributed by atoms with E-state index >= 15 is 0 Å². The van der Waals surface area contributed by atoms with Crippen molar-refractivity contribution in [3.8, 4) is 0 Å². The molecule has 4 nitrogen and oxygen atoms in total. The van der Waals surface area contributed by atoms with Crippen LogP contribution in [0.1, 0.15) is 40.9 Å². The van der Waals surface area contributed by atoms with Crippen molar-refractivity contribution in [3.05, 3.63) is 51.5 Å². The SMILES string of the molecule is CCNC(=NCCc1ncc(C)s1)NC(C)c1cccc(C(F)(F)F)c1.I. The van der Waals surface area contributed by atoms with Gasteiger partial charge in [0.1, 0.15) is 0 Å². The van der Waals surface area contributed by atoms with Crippen molar-refractivity contribution in [1.82, 2.24) is 15.6 Å². The Bertz CT molecular complexity index is 746. The fourth-order valence-electron chi connectivity index (χ4n) is 2.37. The first-order valence-electron chi connectivity index (χ1n) is 8.43. The Hall–Kier alpha value is -1.36. The number of rotatable bonds is 6. The third kappa shape index (κ3) is 7.65. The first-order valence-corrected chi connectivity index (χ1v) is 9.24. The van der Waals surface area contributed by atoms with Crippen molar-refractivity contribution in [2.75, 3.05) is 13.1 Å². The van der Waals surface area contributed by atoms with Crippen LogP contribution in [0.4, 0.5) is 13.2 Å². The highest BCUT2D eigenvalue weighted by molar-refractivity contribution is 14.0. The number of thiazole rings is 1. The second-order valence-corrected chi connectivity index (χ2v) is 7.18. The number of nitrogens with one attached hydrogen (secondary N) is 2. The van der Waals surface area contributed by atoms with E-state index in [-0.39, 0.29) is 30.0 Å². The van der Waals surface area contributed by atoms with Gasteiger partial charge in [0.25, 0.3) is 0 Å². The fourth-order valence-corrected chi connectivity index (χ4v) is 3.15. The fraction of sp³-hybridized carbons (Fsp3) is 0.444. The van der Waals surface area contributed by atoms with Gasteiger partial charge >= 0.3 is 6.18 Å². The molecule has 0 aliphatic rings. The van der Waals surface area contributed by atoms with Crippen molar-refractivity contribution in [3.63, 3.8) is 0 Å². The second kappa shape index (κ2) is 10.8. The van der Waals surface area contributed by atoms with Gasteiger partial charge in [-0.1, -0.05) is 12.1 Å². The number of hydrogen-bond donors (Lipinski definition) is 2. The van der Waals surface area contributed by atoms with Gasteiger partial charge in [-0.15, -0.1) is 35.3 Å². The van der Waals surface area contributed by atoms with Crippen molar-refractivity contribution in [2.24, 2.45) is 4.99 Å². The predicted molar refractivity (Wildman–Crippen MR) is 115 cm³/mol. The molecule has 0 bridgehead atoms. The number of aliphatic imine (C=N–C) groups is 1. The van der Waals surface area contributed by atoms with E-state index in [1.54, 1.807) is 17.4 Å². The Morgan fingerprint density at radius 2 is 2.07 bits per heavy atom. The van der Waals surface area contributed by atoms with Crippen LogP contribution in [0.15, 0.2) is 35.5 Å². The van der Waals surface area contributed by atoms with Gasteiger partial charge in [0.05, 0.1) is 16.6 Å². The largest absolute Gasteiger partial charge is 0.416 e. The topological polar surface area (TPSA) is 49.3 Å². The Balaban J connectivity index is 0.00000364. The smallest absolute Gasteiger partial charge is 0.357 e. The average Bonchev–Trinajstić information content (AvgIpc) is 2.99. The maximum Gasteiger partial charge on any atom is 0.416 e. The molecule has 1 atom stereocenters. The van der Waals surface area contributed by atoms with E-state index in [9.17, 15) is 13.2 Å². The van der Waals surface area contributed by atoms with Gasteiger partial charge in [-0.3, -0.25) is 4.99 Å². The molecule has 0 fully saturated rings. The molecular formula is C18H24F3IN4S. The lowest BCUT2D eigenvalue weighted by molar-refractivity contribution is -0.137. The molecule has 0 aliphatic heterocycles. The molecule has 150 valence electrons. The van der Waals surface area contributed by atoms with Crippen LogP contribution < -0.4 is 10.6 Å². The predicted octanol–water partition coefficient (Wildman–Crippen LogP) is 4.95. The number of alkyl halides is 3. The number of benzene rings is 1. The number of hydrogen-bond acceptors (Lipinski definition) is 3. The van der Waals surface area contributed by atoms with Gasteiger partial charge in [0.15, 0.2) is 5.96 Å². The first kappa shape index (κ1) is 23.7. The molecule has 1 heterocycles. The maximum atomic E-state index is 12.9. The van der Waals surface area contributed by atoms with Crippen molar-refractivity contribution < 1.29 is 13.2 Å². The van der Waals surface area contributed by atoms with Crippen LogP contribution in [0.25, 0.3) is 0 Å². The minimum Gasteiger partial charge on any atom is -0.357 e. The van der Waals surface area contributed by atoms with Crippen LogP contribution >= 0.6 is 35.3 Å². The summed E-state index contributed by atoms with van der Waals surface area (Å²) in [4.78, 5) is 9.95. The Morgan fingerprint density at radius 1 is 1.33 bits per heavy atom. The van der Waals surface area contributed by atoms with Crippen LogP contribution in [-0.2, 0) is 12.6 Å². The number of guanidine groups is 1. The van der Waals surface area contributed by atoms with E-state index in [4.69, 9.17) is 0 Å². The highest BCUT2D eigenvalue weighted by Gasteiger charge is 2.30. The number of aryl methyl sites for hydroxylation is 1. The van der Waals surface area contributed by atoms with Crippen molar-refractivity contribution >= 4 is 41.3 Å². The lowest BCUT2D eigenvalue weighted by Gasteiger charge is -2.19. The maximum absolute atomic E-state index is 12.9. The zero-order valence-electron chi connectivity index (χ0n) is 15.4. The minimum atomic E-state index is -4.35. The van der Waals surface area contributed by atoms with Crippen LogP contribution in [0.5, 0.6) is 0 Å². The average molecular weight is 512 g/mol. The zero-order valence-corrected chi connectivity index (χ0v) is 18.6. The molecule has 0 aliphatic carbocycles. The summed E-state index contributed by atoms with van der Waals surface area (Å²) in [5.41, 5.74) is -0.0919. The molecule has 0 saturated carbocycles. The normalized spacial score (nSPS) is 13.0. The van der Waals surface area contributed by atoms with Gasteiger partial charge in [0.2, 0.25) is 0 Å². The highest BCUT2D eigenvalue weighted by atomic mass is 127. The van der Waals surface area contributed by atoms with Gasteiger partial charge in [-0.2, -0.15) is 13.2 Å². The molecule has 2 aromatic rings. The van der Waals surface area contributed by atoms with E-state index in [1.807, 2.05) is 27.0 Å². The first-order chi connectivity index (χ1) is 12.3. The lowest BCUT2D eigenvalue weighted by Crippen LogP contribution is -2.39. The summed E-state index contributed by atoms with van der Waals surface area (Å²) < 4.78 is 38.6. The van der Waals surface area contributed by atoms with Crippen molar-refractivity contribution in [2.45, 2.75) is 39.4 Å². The van der Waals surface area contributed by atoms with Gasteiger partial charge in [-0.25, -0.2) is 4.98 Å². The number of halogens is 4. The molecule has 0 amide bonds. The van der Waals surface area contributed by atoms with Gasteiger partial charge in [-0.05, 0) is 38.5 Å².